The van der Waals surface area contributed by atoms with Crippen molar-refractivity contribution in [3.05, 3.63) is 29.6 Å². The molecule has 0 aliphatic heterocycles. The Kier molecular flexibility index (Phi) is 6.29. The minimum Gasteiger partial charge on any atom is -0.488 e. The monoisotopic (exact) mass is 269 g/mol. The summed E-state index contributed by atoms with van der Waals surface area (Å²) >= 11 is 0. The zero-order valence-corrected chi connectivity index (χ0v) is 11.5. The number of hydrogen-bond donors (Lipinski definition) is 1. The van der Waals surface area contributed by atoms with Gasteiger partial charge >= 0.3 is 5.97 Å². The van der Waals surface area contributed by atoms with Gasteiger partial charge in [0.05, 0.1) is 7.11 Å². The van der Waals surface area contributed by atoms with Crippen LogP contribution in [0, 0.1) is 12.7 Å². The molecule has 1 N–H and O–H groups in total. The number of carbonyl (C=O) groups excluding carboxylic acids is 1. The van der Waals surface area contributed by atoms with Crippen molar-refractivity contribution in [2.24, 2.45) is 0 Å². The predicted molar refractivity (Wildman–Crippen MR) is 70.7 cm³/mol. The second-order valence-electron chi connectivity index (χ2n) is 4.27. The molecule has 0 bridgehead atoms. The zero-order chi connectivity index (χ0) is 14.3. The smallest absolute Gasteiger partial charge is 0.326 e. The summed E-state index contributed by atoms with van der Waals surface area (Å²) in [5.74, 6) is -0.710. The van der Waals surface area contributed by atoms with Gasteiger partial charge in [0.15, 0.2) is 11.6 Å². The molecule has 19 heavy (non-hydrogen) atoms. The molecule has 0 heterocycles. The normalized spacial score (nSPS) is 12.0. The summed E-state index contributed by atoms with van der Waals surface area (Å²) in [6, 6.07) is 4.01. The Morgan fingerprint density at radius 2 is 2.21 bits per heavy atom. The Morgan fingerprint density at radius 3 is 2.84 bits per heavy atom. The van der Waals surface area contributed by atoms with Crippen LogP contribution in [-0.4, -0.2) is 32.3 Å². The molecule has 1 unspecified atom stereocenters. The summed E-state index contributed by atoms with van der Waals surface area (Å²) in [7, 11) is 1.32. The highest BCUT2D eigenvalue weighted by Gasteiger charge is 2.19. The summed E-state index contributed by atoms with van der Waals surface area (Å²) in [6.45, 7) is 4.54. The SMILES string of the molecule is CCCNC(COc1cc(C)ccc1F)C(=O)OC. The molecule has 0 aromatic heterocycles. The Balaban J connectivity index is 2.64. The number of hydrogen-bond acceptors (Lipinski definition) is 4. The number of methoxy groups -OCH3 is 1. The highest BCUT2D eigenvalue weighted by molar-refractivity contribution is 5.75. The molecular formula is C14H20FNO3. The molecule has 1 aromatic carbocycles. The van der Waals surface area contributed by atoms with E-state index in [1.165, 1.54) is 13.2 Å². The van der Waals surface area contributed by atoms with E-state index in [2.05, 4.69) is 10.1 Å². The summed E-state index contributed by atoms with van der Waals surface area (Å²) in [4.78, 5) is 11.5. The summed E-state index contributed by atoms with van der Waals surface area (Å²) in [5.41, 5.74) is 0.896. The van der Waals surface area contributed by atoms with Gasteiger partial charge in [-0.05, 0) is 37.6 Å². The van der Waals surface area contributed by atoms with Crippen LogP contribution in [0.3, 0.4) is 0 Å². The first kappa shape index (κ1) is 15.4. The van der Waals surface area contributed by atoms with Crippen molar-refractivity contribution in [2.45, 2.75) is 26.3 Å². The van der Waals surface area contributed by atoms with Gasteiger partial charge in [-0.15, -0.1) is 0 Å². The van der Waals surface area contributed by atoms with Crippen molar-refractivity contribution in [2.75, 3.05) is 20.3 Å². The third-order valence-corrected chi connectivity index (χ3v) is 2.62. The van der Waals surface area contributed by atoms with Gasteiger partial charge in [-0.2, -0.15) is 0 Å². The second kappa shape index (κ2) is 7.74. The van der Waals surface area contributed by atoms with Gasteiger partial charge in [-0.1, -0.05) is 13.0 Å². The van der Waals surface area contributed by atoms with Crippen molar-refractivity contribution < 1.29 is 18.7 Å². The van der Waals surface area contributed by atoms with Gasteiger partial charge in [0.2, 0.25) is 0 Å². The van der Waals surface area contributed by atoms with Crippen LogP contribution >= 0.6 is 0 Å². The Hall–Kier alpha value is -1.62. The average Bonchev–Trinajstić information content (AvgIpc) is 2.41. The molecule has 0 fully saturated rings. The van der Waals surface area contributed by atoms with Gasteiger partial charge in [-0.3, -0.25) is 4.79 Å². The van der Waals surface area contributed by atoms with Gasteiger partial charge in [0.25, 0.3) is 0 Å². The summed E-state index contributed by atoms with van der Waals surface area (Å²) in [5, 5.41) is 3.00. The van der Waals surface area contributed by atoms with Crippen molar-refractivity contribution in [1.29, 1.82) is 0 Å². The largest absolute Gasteiger partial charge is 0.488 e. The Bertz CT molecular complexity index is 423. The molecule has 0 saturated heterocycles. The molecule has 0 saturated carbocycles. The van der Waals surface area contributed by atoms with Crippen LogP contribution in [0.4, 0.5) is 4.39 Å². The van der Waals surface area contributed by atoms with Crippen LogP contribution in [0.1, 0.15) is 18.9 Å². The first-order valence-corrected chi connectivity index (χ1v) is 6.28. The fourth-order valence-corrected chi connectivity index (χ4v) is 1.57. The van der Waals surface area contributed by atoms with Crippen LogP contribution in [-0.2, 0) is 9.53 Å². The maximum absolute atomic E-state index is 13.5. The Morgan fingerprint density at radius 1 is 1.47 bits per heavy atom. The highest BCUT2D eigenvalue weighted by Crippen LogP contribution is 2.18. The lowest BCUT2D eigenvalue weighted by Gasteiger charge is -2.17. The molecule has 0 aliphatic carbocycles. The van der Waals surface area contributed by atoms with E-state index >= 15 is 0 Å². The maximum Gasteiger partial charge on any atom is 0.326 e. The van der Waals surface area contributed by atoms with E-state index in [4.69, 9.17) is 4.74 Å². The number of nitrogens with one attached hydrogen (secondary N) is 1. The standard InChI is InChI=1S/C14H20FNO3/c1-4-7-16-12(14(17)18-3)9-19-13-8-10(2)5-6-11(13)15/h5-6,8,12,16H,4,7,9H2,1-3H3. The molecule has 0 spiro atoms. The maximum atomic E-state index is 13.5. The number of esters is 1. The number of halogens is 1. The van der Waals surface area contributed by atoms with E-state index in [1.807, 2.05) is 13.8 Å². The molecule has 0 amide bonds. The van der Waals surface area contributed by atoms with Gasteiger partial charge in [0, 0.05) is 0 Å². The van der Waals surface area contributed by atoms with Gasteiger partial charge in [-0.25, -0.2) is 4.39 Å². The molecule has 5 heteroatoms. The molecule has 4 nitrogen and oxygen atoms in total. The quantitative estimate of drug-likeness (QED) is 0.770. The van der Waals surface area contributed by atoms with Crippen LogP contribution in [0.2, 0.25) is 0 Å². The highest BCUT2D eigenvalue weighted by atomic mass is 19.1. The third-order valence-electron chi connectivity index (χ3n) is 2.62. The van der Waals surface area contributed by atoms with E-state index < -0.39 is 17.8 Å². The van der Waals surface area contributed by atoms with Crippen LogP contribution < -0.4 is 10.1 Å². The topological polar surface area (TPSA) is 47.6 Å². The molecule has 1 atom stereocenters. The zero-order valence-electron chi connectivity index (χ0n) is 11.5. The molecule has 0 radical (unpaired) electrons. The molecule has 1 aromatic rings. The number of ether oxygens (including phenoxy) is 2. The van der Waals surface area contributed by atoms with Gasteiger partial charge < -0.3 is 14.8 Å². The molecule has 106 valence electrons. The van der Waals surface area contributed by atoms with E-state index in [1.54, 1.807) is 12.1 Å². The van der Waals surface area contributed by atoms with E-state index in [-0.39, 0.29) is 12.4 Å². The molecular weight excluding hydrogens is 249 g/mol. The second-order valence-corrected chi connectivity index (χ2v) is 4.27. The van der Waals surface area contributed by atoms with Crippen molar-refractivity contribution in [3.8, 4) is 5.75 Å². The average molecular weight is 269 g/mol. The van der Waals surface area contributed by atoms with Crippen molar-refractivity contribution in [3.63, 3.8) is 0 Å². The number of benzene rings is 1. The first-order valence-electron chi connectivity index (χ1n) is 6.28. The van der Waals surface area contributed by atoms with Gasteiger partial charge in [0.1, 0.15) is 12.6 Å². The third kappa shape index (κ3) is 4.87. The van der Waals surface area contributed by atoms with E-state index in [9.17, 15) is 9.18 Å². The lowest BCUT2D eigenvalue weighted by atomic mass is 10.2. The summed E-state index contributed by atoms with van der Waals surface area (Å²) < 4.78 is 23.5. The number of rotatable bonds is 7. The molecule has 1 rings (SSSR count). The first-order chi connectivity index (χ1) is 9.08. The fourth-order valence-electron chi connectivity index (χ4n) is 1.57. The van der Waals surface area contributed by atoms with Crippen LogP contribution in [0.5, 0.6) is 5.75 Å². The Labute approximate surface area is 112 Å². The van der Waals surface area contributed by atoms with Crippen molar-refractivity contribution >= 4 is 5.97 Å². The number of aryl methyl sites for hydroxylation is 1. The predicted octanol–water partition coefficient (Wildman–Crippen LogP) is 2.05. The van der Waals surface area contributed by atoms with Crippen LogP contribution in [0.15, 0.2) is 18.2 Å². The van der Waals surface area contributed by atoms with E-state index in [0.29, 0.717) is 6.54 Å². The van der Waals surface area contributed by atoms with Crippen LogP contribution in [0.25, 0.3) is 0 Å². The lowest BCUT2D eigenvalue weighted by Crippen LogP contribution is -2.42. The number of carbonyl (C=O) groups is 1. The minimum absolute atomic E-state index is 0.0348. The summed E-state index contributed by atoms with van der Waals surface area (Å²) in [6.07, 6.45) is 0.881. The molecule has 0 aliphatic rings. The lowest BCUT2D eigenvalue weighted by molar-refractivity contribution is -0.143. The van der Waals surface area contributed by atoms with Crippen molar-refractivity contribution in [1.82, 2.24) is 5.32 Å². The van der Waals surface area contributed by atoms with E-state index in [0.717, 1.165) is 12.0 Å². The fraction of sp³-hybridized carbons (Fsp3) is 0.500. The minimum atomic E-state index is -0.593.